The smallest absolute Gasteiger partial charge is 0.410 e. The first-order chi connectivity index (χ1) is 38.6. The molecule has 7 aromatic rings. The number of aromatic amines is 1. The van der Waals surface area contributed by atoms with E-state index in [0.29, 0.717) is 69.3 Å². The monoisotopic (exact) mass is 1210 g/mol. The number of para-hydroxylation sites is 2. The second kappa shape index (κ2) is 28.4. The number of nitrogens with one attached hydrogen (secondary N) is 6. The Hall–Kier alpha value is -6.51. The lowest BCUT2D eigenvalue weighted by Gasteiger charge is -2.35. The molecule has 2 saturated heterocycles. The van der Waals surface area contributed by atoms with E-state index < -0.39 is 15.6 Å². The highest BCUT2D eigenvalue weighted by Crippen LogP contribution is 2.37. The van der Waals surface area contributed by atoms with Crippen molar-refractivity contribution in [2.45, 2.75) is 147 Å². The SMILES string of the molecule is C.C.CC(C)(C)OC(=O)N1CCC[C@@H](C(=O)NC2CCC[C@@H](Nc3ncc(Cl)c(-c4cn(S(=O)(=O)c5ccccc5)c5ccccc45)n3)C2)C1.Cl.O=C(NC1CCC[C@@H](Nc2ncc(Cl)c(-c3c[nH]c4ccccc34)n2)C1)[C@@H]1CCCNC1. The third-order valence-electron chi connectivity index (χ3n) is 15.4. The van der Waals surface area contributed by atoms with Crippen LogP contribution in [0.5, 0.6) is 0 Å². The fraction of sp³-hybridized carbons (Fsp3) is 0.459. The number of carbonyl (C=O) groups excluding carboxylic acids is 3. The average Bonchev–Trinajstić information content (AvgIpc) is 2.59. The molecule has 11 rings (SSSR count). The van der Waals surface area contributed by atoms with Crippen molar-refractivity contribution in [1.82, 2.24) is 49.7 Å². The number of likely N-dealkylation sites (tertiary alicyclic amines) is 1. The molecule has 2 aliphatic carbocycles. The number of H-pyrrole nitrogens is 1. The quantitative estimate of drug-likeness (QED) is 0.0669. The van der Waals surface area contributed by atoms with Crippen molar-refractivity contribution in [3.63, 3.8) is 0 Å². The molecule has 4 fully saturated rings. The van der Waals surface area contributed by atoms with Gasteiger partial charge in [0.15, 0.2) is 0 Å². The lowest BCUT2D eigenvalue weighted by Crippen LogP contribution is -2.50. The van der Waals surface area contributed by atoms with Gasteiger partial charge >= 0.3 is 6.09 Å². The molecule has 2 unspecified atom stereocenters. The molecule has 18 nitrogen and oxygen atoms in total. The summed E-state index contributed by atoms with van der Waals surface area (Å²) in [6.07, 6.45) is 17.1. The molecule has 6 atom stereocenters. The van der Waals surface area contributed by atoms with Crippen LogP contribution in [0.1, 0.15) is 113 Å². The first kappa shape index (κ1) is 64.1. The third kappa shape index (κ3) is 15.6. The molecule has 4 aromatic heterocycles. The van der Waals surface area contributed by atoms with Gasteiger partial charge in [0.05, 0.1) is 56.1 Å². The largest absolute Gasteiger partial charge is 0.444 e. The van der Waals surface area contributed by atoms with Crippen molar-refractivity contribution in [2.75, 3.05) is 36.8 Å². The Balaban J connectivity index is 0.000000247. The van der Waals surface area contributed by atoms with Gasteiger partial charge in [-0.1, -0.05) is 92.7 Å². The minimum atomic E-state index is -3.88. The molecule has 22 heteroatoms. The van der Waals surface area contributed by atoms with Gasteiger partial charge in [-0.05, 0) is 129 Å². The number of anilines is 2. The topological polar surface area (TPSA) is 230 Å². The molecule has 0 radical (unpaired) electrons. The summed E-state index contributed by atoms with van der Waals surface area (Å²) >= 11 is 13.1. The van der Waals surface area contributed by atoms with Crippen LogP contribution in [0.15, 0.2) is 109 Å². The summed E-state index contributed by atoms with van der Waals surface area (Å²) in [6.45, 7) is 8.23. The van der Waals surface area contributed by atoms with E-state index in [9.17, 15) is 22.8 Å². The number of rotatable bonds is 12. The first-order valence-electron chi connectivity index (χ1n) is 27.9. The molecule has 6 N–H and O–H groups in total. The number of benzene rings is 3. The van der Waals surface area contributed by atoms with Crippen molar-refractivity contribution in [2.24, 2.45) is 11.8 Å². The zero-order valence-corrected chi connectivity index (χ0v) is 48.9. The standard InChI is InChI=1S/C35H41ClN6O5S.C24H29ClN6O.2CH4.ClH/c1-35(2,3)47-34(44)41-18-10-11-23(21-41)32(43)38-24-12-9-13-25(19-24)39-33-37-20-29(36)31(40-33)28-22-42(30-17-8-7-16-27(28)30)48(45,46)26-14-5-4-6-15-26;25-20-14-28-24(31-22(20)19-13-27-21-9-2-1-8-18(19)21)30-17-7-3-6-16(11-17)29-23(32)15-5-4-10-26-12-15;;;/h4-8,14-17,20,22-25H,9-13,18-19,21H2,1-3H3,(H,38,43)(H,37,39,40);1-2,8-9,13-17,26-27H,3-7,10-12H2,(H,29,32)(H,28,30,31);2*1H4;1H/t23-,24?,25-;15-,16?,17-;;;/m11.../s1. The average molecular weight is 1210 g/mol. The highest BCUT2D eigenvalue weighted by Gasteiger charge is 2.34. The van der Waals surface area contributed by atoms with Crippen molar-refractivity contribution in [3.05, 3.63) is 114 Å². The van der Waals surface area contributed by atoms with Crippen LogP contribution in [0.2, 0.25) is 10.0 Å². The van der Waals surface area contributed by atoms with Crippen molar-refractivity contribution in [1.29, 1.82) is 0 Å². The molecule has 446 valence electrons. The Labute approximate surface area is 503 Å². The van der Waals surface area contributed by atoms with Crippen LogP contribution in [0, 0.1) is 11.8 Å². The zero-order chi connectivity index (χ0) is 56.0. The first-order valence-corrected chi connectivity index (χ1v) is 30.1. The highest BCUT2D eigenvalue weighted by molar-refractivity contribution is 7.90. The van der Waals surface area contributed by atoms with Gasteiger partial charge in [-0.15, -0.1) is 12.4 Å². The summed E-state index contributed by atoms with van der Waals surface area (Å²) in [4.78, 5) is 62.0. The summed E-state index contributed by atoms with van der Waals surface area (Å²) in [6, 6.07) is 24.0. The predicted molar refractivity (Wildman–Crippen MR) is 334 cm³/mol. The Bertz CT molecular complexity index is 3440. The lowest BCUT2D eigenvalue weighted by atomic mass is 9.90. The van der Waals surface area contributed by atoms with Crippen LogP contribution >= 0.6 is 35.6 Å². The third-order valence-corrected chi connectivity index (χ3v) is 17.6. The Morgan fingerprint density at radius 3 is 1.84 bits per heavy atom. The maximum Gasteiger partial charge on any atom is 0.410 e. The molecule has 6 heterocycles. The van der Waals surface area contributed by atoms with E-state index in [2.05, 4.69) is 47.6 Å². The van der Waals surface area contributed by atoms with Gasteiger partial charge < -0.3 is 41.2 Å². The lowest BCUT2D eigenvalue weighted by molar-refractivity contribution is -0.128. The molecule has 0 spiro atoms. The molecule has 3 amide bonds. The summed E-state index contributed by atoms with van der Waals surface area (Å²) in [7, 11) is -3.88. The van der Waals surface area contributed by atoms with E-state index in [1.54, 1.807) is 59.8 Å². The van der Waals surface area contributed by atoms with Crippen LogP contribution < -0.4 is 26.6 Å². The van der Waals surface area contributed by atoms with E-state index in [-0.39, 0.29) is 86.1 Å². The number of amides is 3. The molecular formula is C61H79Cl3N12O6S. The number of ether oxygens (including phenoxy) is 1. The summed E-state index contributed by atoms with van der Waals surface area (Å²) in [5.74, 6) is 0.899. The number of piperidine rings is 2. The second-order valence-corrected chi connectivity index (χ2v) is 25.1. The van der Waals surface area contributed by atoms with Crippen LogP contribution in [0.3, 0.4) is 0 Å². The number of hydrogen-bond acceptors (Lipinski definition) is 13. The maximum atomic E-state index is 13.6. The predicted octanol–water partition coefficient (Wildman–Crippen LogP) is 12.3. The maximum absolute atomic E-state index is 13.6. The minimum Gasteiger partial charge on any atom is -0.444 e. The van der Waals surface area contributed by atoms with Crippen LogP contribution in [-0.4, -0.2) is 116 Å². The zero-order valence-electron chi connectivity index (χ0n) is 45.8. The summed E-state index contributed by atoms with van der Waals surface area (Å²) < 4.78 is 34.1. The van der Waals surface area contributed by atoms with Gasteiger partial charge in [-0.25, -0.2) is 37.1 Å². The van der Waals surface area contributed by atoms with E-state index >= 15 is 0 Å². The molecule has 4 aliphatic rings. The van der Waals surface area contributed by atoms with Crippen molar-refractivity contribution < 1.29 is 27.5 Å². The fourth-order valence-corrected chi connectivity index (χ4v) is 13.2. The van der Waals surface area contributed by atoms with Crippen LogP contribution in [-0.2, 0) is 24.3 Å². The van der Waals surface area contributed by atoms with Crippen molar-refractivity contribution in [3.8, 4) is 22.5 Å². The van der Waals surface area contributed by atoms with E-state index in [1.807, 2.05) is 57.3 Å². The molecule has 2 saturated carbocycles. The Kier molecular flexibility index (Phi) is 21.9. The van der Waals surface area contributed by atoms with Gasteiger partial charge in [0.1, 0.15) is 5.60 Å². The molecule has 83 heavy (non-hydrogen) atoms. The van der Waals surface area contributed by atoms with Crippen LogP contribution in [0.25, 0.3) is 44.3 Å². The van der Waals surface area contributed by atoms with E-state index in [4.69, 9.17) is 37.9 Å². The Morgan fingerprint density at radius 1 is 0.675 bits per heavy atom. The number of halogens is 3. The molecule has 3 aromatic carbocycles. The van der Waals surface area contributed by atoms with Gasteiger partial charge in [0.25, 0.3) is 10.0 Å². The van der Waals surface area contributed by atoms with Gasteiger partial charge in [-0.3, -0.25) is 9.59 Å². The van der Waals surface area contributed by atoms with E-state index in [1.165, 1.54) is 10.2 Å². The highest BCUT2D eigenvalue weighted by atomic mass is 35.5. The number of fused-ring (bicyclic) bond motifs is 2. The number of aromatic nitrogens is 6. The summed E-state index contributed by atoms with van der Waals surface area (Å²) in [5, 5.41) is 19.3. The number of carbonyl (C=O) groups is 3. The fourth-order valence-electron chi connectivity index (χ4n) is 11.4. The van der Waals surface area contributed by atoms with Crippen molar-refractivity contribution >= 4 is 97.2 Å². The van der Waals surface area contributed by atoms with E-state index in [0.717, 1.165) is 100 Å². The van der Waals surface area contributed by atoms with Gasteiger partial charge in [-0.2, -0.15) is 0 Å². The van der Waals surface area contributed by atoms with Gasteiger partial charge in [0.2, 0.25) is 23.7 Å². The van der Waals surface area contributed by atoms with Crippen LogP contribution in [0.4, 0.5) is 16.7 Å². The molecule has 0 bridgehead atoms. The minimum absolute atomic E-state index is 0. The number of hydrogen-bond donors (Lipinski definition) is 6. The normalized spacial score (nSPS) is 20.9. The summed E-state index contributed by atoms with van der Waals surface area (Å²) in [5.41, 5.74) is 3.64. The second-order valence-electron chi connectivity index (χ2n) is 22.4. The van der Waals surface area contributed by atoms with Gasteiger partial charge in [0, 0.05) is 83.6 Å². The number of nitrogens with zero attached hydrogens (tertiary/aromatic N) is 6. The Morgan fingerprint density at radius 2 is 1.23 bits per heavy atom. The molecular weight excluding hydrogens is 1140 g/mol. The molecule has 2 aliphatic heterocycles.